The average Bonchev–Trinajstić information content (AvgIpc) is 3.09. The van der Waals surface area contributed by atoms with E-state index in [0.717, 1.165) is 12.0 Å². The van der Waals surface area contributed by atoms with Gasteiger partial charge in [-0.25, -0.2) is 4.79 Å². The first kappa shape index (κ1) is 27.3. The van der Waals surface area contributed by atoms with Gasteiger partial charge >= 0.3 is 6.09 Å². The van der Waals surface area contributed by atoms with Crippen LogP contribution in [0, 0.1) is 11.8 Å². The highest BCUT2D eigenvalue weighted by Crippen LogP contribution is 2.39. The largest absolute Gasteiger partial charge is 0.444 e. The van der Waals surface area contributed by atoms with Crippen molar-refractivity contribution in [2.75, 3.05) is 6.54 Å². The minimum absolute atomic E-state index is 0.0517. The van der Waals surface area contributed by atoms with Crippen molar-refractivity contribution in [3.8, 4) is 0 Å². The van der Waals surface area contributed by atoms with E-state index in [4.69, 9.17) is 9.47 Å². The van der Waals surface area contributed by atoms with Gasteiger partial charge in [0.15, 0.2) is 0 Å². The second kappa shape index (κ2) is 12.6. The molecule has 194 valence electrons. The Labute approximate surface area is 211 Å². The quantitative estimate of drug-likeness (QED) is 0.423. The Morgan fingerprint density at radius 3 is 2.49 bits per heavy atom. The van der Waals surface area contributed by atoms with Crippen LogP contribution >= 0.6 is 0 Å². The maximum Gasteiger partial charge on any atom is 0.412 e. The molecule has 0 aromatic heterocycles. The number of nitrogens with zero attached hydrogens (tertiary/aromatic N) is 1. The lowest BCUT2D eigenvalue weighted by molar-refractivity contribution is -0.117. The molecule has 1 heterocycles. The lowest BCUT2D eigenvalue weighted by Crippen LogP contribution is -2.49. The van der Waals surface area contributed by atoms with E-state index < -0.39 is 5.72 Å². The van der Waals surface area contributed by atoms with Gasteiger partial charge in [-0.1, -0.05) is 83.2 Å². The molecule has 2 atom stereocenters. The van der Waals surface area contributed by atoms with Crippen LogP contribution in [0.3, 0.4) is 0 Å². The number of hydrogen-bond acceptors (Lipinski definition) is 4. The van der Waals surface area contributed by atoms with Gasteiger partial charge in [0.2, 0.25) is 5.91 Å². The molecule has 2 fully saturated rings. The number of carbonyl (C=O) groups excluding carboxylic acids is 2. The summed E-state index contributed by atoms with van der Waals surface area (Å²) >= 11 is 0. The highest BCUT2D eigenvalue weighted by atomic mass is 16.6. The molecule has 2 aliphatic rings. The molecule has 1 N–H and O–H groups in total. The van der Waals surface area contributed by atoms with Crippen LogP contribution in [-0.2, 0) is 20.9 Å². The van der Waals surface area contributed by atoms with Crippen LogP contribution in [0.5, 0.6) is 0 Å². The van der Waals surface area contributed by atoms with Crippen molar-refractivity contribution in [1.29, 1.82) is 0 Å². The third-order valence-electron chi connectivity index (χ3n) is 7.13. The van der Waals surface area contributed by atoms with E-state index in [1.807, 2.05) is 57.2 Å². The van der Waals surface area contributed by atoms with Crippen molar-refractivity contribution < 1.29 is 19.1 Å². The summed E-state index contributed by atoms with van der Waals surface area (Å²) < 4.78 is 12.2. The van der Waals surface area contributed by atoms with E-state index >= 15 is 0 Å². The molecule has 0 spiro atoms. The molecule has 2 amide bonds. The molecule has 3 rings (SSSR count). The maximum absolute atomic E-state index is 13.4. The van der Waals surface area contributed by atoms with E-state index in [2.05, 4.69) is 19.2 Å². The SMILES string of the molecule is CC/C(=C\[C@H]1OC(C)(C)N(C(=O)OCc2ccccc2)[C@H]1CC1CCCCC1)C(=O)NCC(C)C. The van der Waals surface area contributed by atoms with Gasteiger partial charge < -0.3 is 14.8 Å². The van der Waals surface area contributed by atoms with E-state index in [0.29, 0.717) is 30.4 Å². The Morgan fingerprint density at radius 1 is 1.17 bits per heavy atom. The first-order chi connectivity index (χ1) is 16.7. The van der Waals surface area contributed by atoms with Crippen molar-refractivity contribution in [2.45, 2.75) is 104 Å². The van der Waals surface area contributed by atoms with Crippen molar-refractivity contribution in [3.05, 3.63) is 47.5 Å². The second-order valence-electron chi connectivity index (χ2n) is 10.9. The monoisotopic (exact) mass is 484 g/mol. The topological polar surface area (TPSA) is 67.9 Å². The van der Waals surface area contributed by atoms with Crippen molar-refractivity contribution >= 4 is 12.0 Å². The van der Waals surface area contributed by atoms with Gasteiger partial charge in [0.25, 0.3) is 0 Å². The summed E-state index contributed by atoms with van der Waals surface area (Å²) in [7, 11) is 0. The molecular formula is C29H44N2O4. The summed E-state index contributed by atoms with van der Waals surface area (Å²) in [4.78, 5) is 28.1. The Kier molecular flexibility index (Phi) is 9.79. The van der Waals surface area contributed by atoms with Gasteiger partial charge in [-0.3, -0.25) is 9.69 Å². The standard InChI is InChI=1S/C29H44N2O4/c1-6-24(27(32)30-19-21(2)3)18-26-25(17-22-13-9-7-10-14-22)31(29(4,5)35-26)28(33)34-20-23-15-11-8-12-16-23/h8,11-12,15-16,18,21-22,25-26H,6-7,9-10,13-14,17,19-20H2,1-5H3,(H,30,32)/b24-18+/t25-,26+/m0/s1. The molecule has 0 bridgehead atoms. The molecule has 1 aromatic rings. The molecule has 1 aliphatic carbocycles. The number of rotatable bonds is 9. The third-order valence-corrected chi connectivity index (χ3v) is 7.13. The smallest absolute Gasteiger partial charge is 0.412 e. The summed E-state index contributed by atoms with van der Waals surface area (Å²) in [5, 5.41) is 3.03. The van der Waals surface area contributed by atoms with E-state index in [1.165, 1.54) is 32.1 Å². The lowest BCUT2D eigenvalue weighted by atomic mass is 9.83. The molecule has 0 radical (unpaired) electrons. The normalized spacial score (nSPS) is 22.9. The Balaban J connectivity index is 1.83. The fraction of sp³-hybridized carbons (Fsp3) is 0.655. The van der Waals surface area contributed by atoms with Gasteiger partial charge in [0.05, 0.1) is 12.1 Å². The molecule has 1 aromatic carbocycles. The Bertz CT molecular complexity index is 859. The summed E-state index contributed by atoms with van der Waals surface area (Å²) in [6.45, 7) is 10.8. The number of carbonyl (C=O) groups is 2. The molecule has 6 nitrogen and oxygen atoms in total. The average molecular weight is 485 g/mol. The van der Waals surface area contributed by atoms with Gasteiger partial charge in [0, 0.05) is 12.1 Å². The van der Waals surface area contributed by atoms with Gasteiger partial charge in [-0.2, -0.15) is 0 Å². The minimum Gasteiger partial charge on any atom is -0.444 e. The number of nitrogens with one attached hydrogen (secondary N) is 1. The second-order valence-corrected chi connectivity index (χ2v) is 10.9. The lowest BCUT2D eigenvalue weighted by Gasteiger charge is -2.35. The third kappa shape index (κ3) is 7.57. The van der Waals surface area contributed by atoms with Crippen LogP contribution in [0.25, 0.3) is 0 Å². The minimum atomic E-state index is -0.832. The first-order valence-electron chi connectivity index (χ1n) is 13.4. The molecule has 0 unspecified atom stereocenters. The highest BCUT2D eigenvalue weighted by molar-refractivity contribution is 5.93. The van der Waals surface area contributed by atoms with E-state index in [1.54, 1.807) is 4.90 Å². The Hall–Kier alpha value is -2.34. The predicted octanol–water partition coefficient (Wildman–Crippen LogP) is 6.21. The van der Waals surface area contributed by atoms with Crippen LogP contribution in [0.1, 0.15) is 85.1 Å². The number of hydrogen-bond donors (Lipinski definition) is 1. The molecule has 1 saturated carbocycles. The number of ether oxygens (including phenoxy) is 2. The van der Waals surface area contributed by atoms with Crippen LogP contribution in [0.4, 0.5) is 4.79 Å². The van der Waals surface area contributed by atoms with E-state index in [9.17, 15) is 9.59 Å². The summed E-state index contributed by atoms with van der Waals surface area (Å²) in [5.74, 6) is 0.878. The fourth-order valence-corrected chi connectivity index (χ4v) is 5.27. The molecule has 6 heteroatoms. The molecule has 35 heavy (non-hydrogen) atoms. The molecule has 1 aliphatic heterocycles. The summed E-state index contributed by atoms with van der Waals surface area (Å²) in [5.41, 5.74) is 0.829. The van der Waals surface area contributed by atoms with E-state index in [-0.39, 0.29) is 30.8 Å². The van der Waals surface area contributed by atoms with Gasteiger partial charge in [-0.15, -0.1) is 0 Å². The zero-order chi connectivity index (χ0) is 25.4. The van der Waals surface area contributed by atoms with Crippen LogP contribution in [0.2, 0.25) is 0 Å². The Morgan fingerprint density at radius 2 is 1.86 bits per heavy atom. The fourth-order valence-electron chi connectivity index (χ4n) is 5.27. The zero-order valence-electron chi connectivity index (χ0n) is 22.2. The zero-order valence-corrected chi connectivity index (χ0v) is 22.2. The van der Waals surface area contributed by atoms with Gasteiger partial charge in [-0.05, 0) is 50.2 Å². The molecular weight excluding hydrogens is 440 g/mol. The molecule has 1 saturated heterocycles. The number of amides is 2. The van der Waals surface area contributed by atoms with Crippen LogP contribution < -0.4 is 5.32 Å². The van der Waals surface area contributed by atoms with Gasteiger partial charge in [0.1, 0.15) is 12.3 Å². The number of benzene rings is 1. The highest BCUT2D eigenvalue weighted by Gasteiger charge is 2.50. The summed E-state index contributed by atoms with van der Waals surface area (Å²) in [6.07, 6.45) is 8.81. The van der Waals surface area contributed by atoms with Crippen LogP contribution in [0.15, 0.2) is 42.0 Å². The van der Waals surface area contributed by atoms with Crippen LogP contribution in [-0.4, -0.2) is 41.3 Å². The van der Waals surface area contributed by atoms with Crippen molar-refractivity contribution in [3.63, 3.8) is 0 Å². The first-order valence-corrected chi connectivity index (χ1v) is 13.4. The predicted molar refractivity (Wildman–Crippen MR) is 139 cm³/mol. The maximum atomic E-state index is 13.4. The summed E-state index contributed by atoms with van der Waals surface area (Å²) in [6, 6.07) is 9.56. The van der Waals surface area contributed by atoms with Crippen molar-refractivity contribution in [1.82, 2.24) is 10.2 Å². The van der Waals surface area contributed by atoms with Crippen molar-refractivity contribution in [2.24, 2.45) is 11.8 Å².